The normalized spacial score (nSPS) is 20.6. The molecule has 1 aromatic heterocycles. The molecule has 0 aliphatic carbocycles. The van der Waals surface area contributed by atoms with Gasteiger partial charge in [0.1, 0.15) is 5.52 Å². The SMILES string of the molecule is CCC1CN(C(=O)CCn2nnc3ccccc3c2=O)CC1N(C)C. The number of hydrogen-bond donors (Lipinski definition) is 0. The van der Waals surface area contributed by atoms with Crippen LogP contribution in [-0.2, 0) is 11.3 Å². The summed E-state index contributed by atoms with van der Waals surface area (Å²) in [6.07, 6.45) is 1.33. The molecule has 2 heterocycles. The molecule has 7 nitrogen and oxygen atoms in total. The van der Waals surface area contributed by atoms with Crippen LogP contribution in [0.25, 0.3) is 10.9 Å². The molecule has 1 fully saturated rings. The van der Waals surface area contributed by atoms with Gasteiger partial charge >= 0.3 is 0 Å². The Morgan fingerprint density at radius 1 is 1.28 bits per heavy atom. The first-order chi connectivity index (χ1) is 12.0. The number of likely N-dealkylation sites (tertiary alicyclic amines) is 1. The molecule has 1 saturated heterocycles. The van der Waals surface area contributed by atoms with Crippen molar-refractivity contribution >= 4 is 16.8 Å². The van der Waals surface area contributed by atoms with E-state index in [2.05, 4.69) is 36.2 Å². The second kappa shape index (κ2) is 7.31. The first-order valence-electron chi connectivity index (χ1n) is 8.78. The lowest BCUT2D eigenvalue weighted by atomic mass is 10.0. The van der Waals surface area contributed by atoms with Crippen LogP contribution in [0.1, 0.15) is 19.8 Å². The van der Waals surface area contributed by atoms with Crippen molar-refractivity contribution in [2.24, 2.45) is 5.92 Å². The number of carbonyl (C=O) groups is 1. The fourth-order valence-electron chi connectivity index (χ4n) is 3.57. The first kappa shape index (κ1) is 17.5. The molecule has 3 rings (SSSR count). The summed E-state index contributed by atoms with van der Waals surface area (Å²) in [4.78, 5) is 29.1. The summed E-state index contributed by atoms with van der Waals surface area (Å²) in [7, 11) is 4.12. The van der Waals surface area contributed by atoms with Gasteiger partial charge in [-0.25, -0.2) is 4.68 Å². The van der Waals surface area contributed by atoms with Gasteiger partial charge < -0.3 is 9.80 Å². The van der Waals surface area contributed by atoms with Gasteiger partial charge in [-0.05, 0) is 32.1 Å². The van der Waals surface area contributed by atoms with E-state index in [1.165, 1.54) is 4.68 Å². The quantitative estimate of drug-likeness (QED) is 0.809. The molecule has 25 heavy (non-hydrogen) atoms. The highest BCUT2D eigenvalue weighted by Crippen LogP contribution is 2.23. The maximum Gasteiger partial charge on any atom is 0.277 e. The lowest BCUT2D eigenvalue weighted by molar-refractivity contribution is -0.130. The van der Waals surface area contributed by atoms with Crippen molar-refractivity contribution in [3.05, 3.63) is 34.6 Å². The maximum atomic E-state index is 12.6. The van der Waals surface area contributed by atoms with Crippen LogP contribution in [0, 0.1) is 5.92 Å². The predicted molar refractivity (Wildman–Crippen MR) is 96.3 cm³/mol. The summed E-state index contributed by atoms with van der Waals surface area (Å²) < 4.78 is 1.29. The van der Waals surface area contributed by atoms with Gasteiger partial charge in [-0.2, -0.15) is 0 Å². The molecule has 2 aromatic rings. The third-order valence-electron chi connectivity index (χ3n) is 5.11. The highest BCUT2D eigenvalue weighted by Gasteiger charge is 2.34. The molecule has 2 unspecified atom stereocenters. The molecule has 1 aliphatic heterocycles. The average Bonchev–Trinajstić information content (AvgIpc) is 3.06. The summed E-state index contributed by atoms with van der Waals surface area (Å²) >= 11 is 0. The minimum Gasteiger partial charge on any atom is -0.341 e. The van der Waals surface area contributed by atoms with Crippen molar-refractivity contribution in [1.29, 1.82) is 0 Å². The number of carbonyl (C=O) groups excluding carboxylic acids is 1. The van der Waals surface area contributed by atoms with Crippen LogP contribution in [0.15, 0.2) is 29.1 Å². The highest BCUT2D eigenvalue weighted by molar-refractivity contribution is 5.77. The summed E-state index contributed by atoms with van der Waals surface area (Å²) in [5.41, 5.74) is 0.381. The van der Waals surface area contributed by atoms with Crippen LogP contribution < -0.4 is 5.56 Å². The van der Waals surface area contributed by atoms with Crippen LogP contribution in [0.5, 0.6) is 0 Å². The molecule has 1 amide bonds. The molecule has 2 atom stereocenters. The first-order valence-corrected chi connectivity index (χ1v) is 8.78. The highest BCUT2D eigenvalue weighted by atomic mass is 16.2. The number of amides is 1. The fourth-order valence-corrected chi connectivity index (χ4v) is 3.57. The van der Waals surface area contributed by atoms with E-state index in [1.54, 1.807) is 18.2 Å². The summed E-state index contributed by atoms with van der Waals surface area (Å²) in [5, 5.41) is 8.55. The van der Waals surface area contributed by atoms with Gasteiger partial charge in [0.05, 0.1) is 11.9 Å². The van der Waals surface area contributed by atoms with Crippen LogP contribution in [0.3, 0.4) is 0 Å². The number of hydrogen-bond acceptors (Lipinski definition) is 5. The van der Waals surface area contributed by atoms with Crippen molar-refractivity contribution in [1.82, 2.24) is 24.8 Å². The van der Waals surface area contributed by atoms with E-state index in [1.807, 2.05) is 11.0 Å². The molecule has 134 valence electrons. The van der Waals surface area contributed by atoms with E-state index in [0.717, 1.165) is 19.5 Å². The van der Waals surface area contributed by atoms with E-state index in [-0.39, 0.29) is 24.4 Å². The van der Waals surface area contributed by atoms with Crippen molar-refractivity contribution in [3.8, 4) is 0 Å². The topological polar surface area (TPSA) is 71.3 Å². The number of aryl methyl sites for hydroxylation is 1. The molecule has 7 heteroatoms. The largest absolute Gasteiger partial charge is 0.341 e. The molecule has 0 N–H and O–H groups in total. The van der Waals surface area contributed by atoms with E-state index in [0.29, 0.717) is 22.9 Å². The van der Waals surface area contributed by atoms with E-state index in [9.17, 15) is 9.59 Å². The zero-order valence-corrected chi connectivity index (χ0v) is 15.1. The van der Waals surface area contributed by atoms with Gasteiger partial charge in [-0.1, -0.05) is 30.7 Å². The minimum atomic E-state index is -0.197. The summed E-state index contributed by atoms with van der Waals surface area (Å²) in [6.45, 7) is 3.97. The smallest absolute Gasteiger partial charge is 0.277 e. The second-order valence-electron chi connectivity index (χ2n) is 6.88. The fraction of sp³-hybridized carbons (Fsp3) is 0.556. The van der Waals surface area contributed by atoms with Gasteiger partial charge in [-0.3, -0.25) is 9.59 Å². The van der Waals surface area contributed by atoms with Crippen LogP contribution >= 0.6 is 0 Å². The molecule has 0 saturated carbocycles. The number of nitrogens with zero attached hydrogens (tertiary/aromatic N) is 5. The Hall–Kier alpha value is -2.28. The van der Waals surface area contributed by atoms with E-state index in [4.69, 9.17) is 0 Å². The molecular weight excluding hydrogens is 318 g/mol. The van der Waals surface area contributed by atoms with Crippen molar-refractivity contribution in [3.63, 3.8) is 0 Å². The van der Waals surface area contributed by atoms with E-state index < -0.39 is 0 Å². The van der Waals surface area contributed by atoms with Crippen LogP contribution in [0.4, 0.5) is 0 Å². The van der Waals surface area contributed by atoms with Crippen molar-refractivity contribution in [2.75, 3.05) is 27.2 Å². The third-order valence-corrected chi connectivity index (χ3v) is 5.11. The standard InChI is InChI=1S/C18H25N5O2/c1-4-13-11-22(12-16(13)21(2)3)17(24)9-10-23-18(25)14-7-5-6-8-15(14)19-20-23/h5-8,13,16H,4,9-12H2,1-3H3. The predicted octanol–water partition coefficient (Wildman–Crippen LogP) is 0.980. The van der Waals surface area contributed by atoms with E-state index >= 15 is 0 Å². The Bertz CT molecular complexity index is 816. The zero-order valence-electron chi connectivity index (χ0n) is 15.1. The molecule has 0 radical (unpaired) electrons. The lowest BCUT2D eigenvalue weighted by Crippen LogP contribution is -2.36. The van der Waals surface area contributed by atoms with Gasteiger partial charge in [-0.15, -0.1) is 5.10 Å². The molecule has 1 aliphatic rings. The number of rotatable bonds is 5. The number of fused-ring (bicyclic) bond motifs is 1. The average molecular weight is 343 g/mol. The summed E-state index contributed by atoms with van der Waals surface area (Å²) in [5.74, 6) is 0.576. The second-order valence-corrected chi connectivity index (χ2v) is 6.88. The monoisotopic (exact) mass is 343 g/mol. The number of likely N-dealkylation sites (N-methyl/N-ethyl adjacent to an activating group) is 1. The lowest BCUT2D eigenvalue weighted by Gasteiger charge is -2.23. The molecule has 0 spiro atoms. The Morgan fingerprint density at radius 2 is 2.04 bits per heavy atom. The third kappa shape index (κ3) is 3.56. The van der Waals surface area contributed by atoms with Crippen molar-refractivity contribution < 1.29 is 4.79 Å². The Balaban J connectivity index is 1.67. The minimum absolute atomic E-state index is 0.0738. The number of benzene rings is 1. The Labute approximate surface area is 147 Å². The van der Waals surface area contributed by atoms with Gasteiger partial charge in [0.2, 0.25) is 5.91 Å². The summed E-state index contributed by atoms with van der Waals surface area (Å²) in [6, 6.07) is 7.52. The maximum absolute atomic E-state index is 12.6. The Morgan fingerprint density at radius 3 is 2.72 bits per heavy atom. The van der Waals surface area contributed by atoms with Gasteiger partial charge in [0.15, 0.2) is 0 Å². The molecule has 0 bridgehead atoms. The Kier molecular flexibility index (Phi) is 5.13. The van der Waals surface area contributed by atoms with Crippen LogP contribution in [0.2, 0.25) is 0 Å². The zero-order chi connectivity index (χ0) is 18.0. The molecule has 1 aromatic carbocycles. The van der Waals surface area contributed by atoms with Gasteiger partial charge in [0.25, 0.3) is 5.56 Å². The van der Waals surface area contributed by atoms with Crippen molar-refractivity contribution in [2.45, 2.75) is 32.4 Å². The van der Waals surface area contributed by atoms with Gasteiger partial charge in [0, 0.05) is 25.6 Å². The number of aromatic nitrogens is 3. The molecular formula is C18H25N5O2. The van der Waals surface area contributed by atoms with Crippen LogP contribution in [-0.4, -0.2) is 63.9 Å².